The highest BCUT2D eigenvalue weighted by molar-refractivity contribution is 7.88. The van der Waals surface area contributed by atoms with Gasteiger partial charge in [-0.25, -0.2) is 17.9 Å². The van der Waals surface area contributed by atoms with E-state index in [1.54, 1.807) is 18.7 Å². The number of likely N-dealkylation sites (tertiary alicyclic amines) is 1. The number of amides is 1. The minimum absolute atomic E-state index is 0.132. The summed E-state index contributed by atoms with van der Waals surface area (Å²) < 4.78 is 37.8. The highest BCUT2D eigenvalue weighted by atomic mass is 32.2. The van der Waals surface area contributed by atoms with E-state index in [1.807, 2.05) is 6.07 Å². The van der Waals surface area contributed by atoms with E-state index in [-0.39, 0.29) is 24.3 Å². The van der Waals surface area contributed by atoms with Crippen molar-refractivity contribution in [2.24, 2.45) is 0 Å². The van der Waals surface area contributed by atoms with Gasteiger partial charge in [0, 0.05) is 12.6 Å². The molecule has 1 N–H and O–H groups in total. The lowest BCUT2D eigenvalue weighted by atomic mass is 9.83. The Morgan fingerprint density at radius 1 is 1.13 bits per heavy atom. The van der Waals surface area contributed by atoms with Crippen LogP contribution in [0.15, 0.2) is 30.3 Å². The molecule has 0 bridgehead atoms. The summed E-state index contributed by atoms with van der Waals surface area (Å²) in [6, 6.07) is 9.85. The highest BCUT2D eigenvalue weighted by Crippen LogP contribution is 2.34. The molecule has 2 atom stereocenters. The number of nitrogens with one attached hydrogen (secondary N) is 1. The quantitative estimate of drug-likeness (QED) is 0.706. The van der Waals surface area contributed by atoms with Gasteiger partial charge in [0.15, 0.2) is 0 Å². The van der Waals surface area contributed by atoms with Crippen LogP contribution in [0.5, 0.6) is 0 Å². The monoisotopic (exact) mass is 438 g/mol. The number of rotatable bonds is 7. The van der Waals surface area contributed by atoms with Gasteiger partial charge in [0.05, 0.1) is 31.1 Å². The summed E-state index contributed by atoms with van der Waals surface area (Å²) in [5.74, 6) is 0.565. The minimum atomic E-state index is -3.38. The number of nitrogens with zero attached hydrogens (tertiary/aromatic N) is 1. The molecule has 1 aromatic carbocycles. The van der Waals surface area contributed by atoms with Crippen LogP contribution in [-0.4, -0.2) is 63.1 Å². The molecule has 1 saturated carbocycles. The molecule has 1 aromatic rings. The molecule has 0 spiro atoms. The first-order valence-corrected chi connectivity index (χ1v) is 12.7. The van der Waals surface area contributed by atoms with Gasteiger partial charge in [0.25, 0.3) is 0 Å². The lowest BCUT2D eigenvalue weighted by Crippen LogP contribution is -2.49. The standard InChI is InChI=1S/C22H34N2O5S/c1-16(2)29-22(25)24-14-13-20(23-30(3,26)27)21(24)15-28-19-11-9-18(10-12-19)17-7-5-4-6-8-17/h4-8,16,18-21,23H,9-15H2,1-3H3/t18?,19?,20?,21-/m0/s1. The summed E-state index contributed by atoms with van der Waals surface area (Å²) >= 11 is 0. The molecule has 1 aliphatic heterocycles. The van der Waals surface area contributed by atoms with Crippen molar-refractivity contribution in [2.75, 3.05) is 19.4 Å². The van der Waals surface area contributed by atoms with Crippen LogP contribution in [-0.2, 0) is 19.5 Å². The molecule has 30 heavy (non-hydrogen) atoms. The summed E-state index contributed by atoms with van der Waals surface area (Å²) in [7, 11) is -3.38. The summed E-state index contributed by atoms with van der Waals surface area (Å²) in [5.41, 5.74) is 1.38. The van der Waals surface area contributed by atoms with Crippen molar-refractivity contribution < 1.29 is 22.7 Å². The number of hydrogen-bond donors (Lipinski definition) is 1. The van der Waals surface area contributed by atoms with Gasteiger partial charge in [-0.3, -0.25) is 0 Å². The molecule has 0 aromatic heterocycles. The first-order valence-electron chi connectivity index (χ1n) is 10.8. The van der Waals surface area contributed by atoms with Crippen LogP contribution in [0.3, 0.4) is 0 Å². The van der Waals surface area contributed by atoms with Crippen molar-refractivity contribution >= 4 is 16.1 Å². The Morgan fingerprint density at radius 2 is 1.80 bits per heavy atom. The summed E-state index contributed by atoms with van der Waals surface area (Å²) in [6.45, 7) is 4.36. The van der Waals surface area contributed by atoms with Gasteiger partial charge in [-0.05, 0) is 57.4 Å². The molecule has 0 radical (unpaired) electrons. The maximum Gasteiger partial charge on any atom is 0.410 e. The Kier molecular flexibility index (Phi) is 7.76. The topological polar surface area (TPSA) is 84.9 Å². The second-order valence-electron chi connectivity index (χ2n) is 8.70. The fourth-order valence-corrected chi connectivity index (χ4v) is 5.32. The van der Waals surface area contributed by atoms with E-state index in [4.69, 9.17) is 9.47 Å². The average Bonchev–Trinajstić information content (AvgIpc) is 3.08. The van der Waals surface area contributed by atoms with Crippen LogP contribution in [0, 0.1) is 0 Å². The zero-order valence-corrected chi connectivity index (χ0v) is 18.9. The van der Waals surface area contributed by atoms with Gasteiger partial charge in [0.1, 0.15) is 0 Å². The van der Waals surface area contributed by atoms with Crippen molar-refractivity contribution in [2.45, 2.75) is 76.2 Å². The number of ether oxygens (including phenoxy) is 2. The van der Waals surface area contributed by atoms with Crippen LogP contribution in [0.2, 0.25) is 0 Å². The zero-order chi connectivity index (χ0) is 21.7. The second kappa shape index (κ2) is 10.1. The van der Waals surface area contributed by atoms with Gasteiger partial charge < -0.3 is 14.4 Å². The van der Waals surface area contributed by atoms with E-state index < -0.39 is 16.1 Å². The maximum absolute atomic E-state index is 12.5. The molecular formula is C22H34N2O5S. The predicted molar refractivity (Wildman–Crippen MR) is 116 cm³/mol. The fourth-order valence-electron chi connectivity index (χ4n) is 4.49. The molecule has 2 fully saturated rings. The number of carbonyl (C=O) groups is 1. The third-order valence-electron chi connectivity index (χ3n) is 5.93. The predicted octanol–water partition coefficient (Wildman–Crippen LogP) is 3.27. The molecule has 3 rings (SSSR count). The Morgan fingerprint density at radius 3 is 2.40 bits per heavy atom. The minimum Gasteiger partial charge on any atom is -0.447 e. The molecule has 8 heteroatoms. The first-order chi connectivity index (χ1) is 14.2. The number of sulfonamides is 1. The smallest absolute Gasteiger partial charge is 0.410 e. The van der Waals surface area contributed by atoms with E-state index in [2.05, 4.69) is 29.0 Å². The van der Waals surface area contributed by atoms with Gasteiger partial charge in [-0.15, -0.1) is 0 Å². The Bertz CT molecular complexity index is 791. The molecule has 168 valence electrons. The van der Waals surface area contributed by atoms with Gasteiger partial charge in [-0.1, -0.05) is 30.3 Å². The second-order valence-corrected chi connectivity index (χ2v) is 10.5. The van der Waals surface area contributed by atoms with E-state index >= 15 is 0 Å². The average molecular weight is 439 g/mol. The number of benzene rings is 1. The van der Waals surface area contributed by atoms with Gasteiger partial charge in [-0.2, -0.15) is 0 Å². The van der Waals surface area contributed by atoms with Crippen LogP contribution in [0.1, 0.15) is 57.4 Å². The number of hydrogen-bond acceptors (Lipinski definition) is 5. The Labute approximate surface area is 180 Å². The fraction of sp³-hybridized carbons (Fsp3) is 0.682. The summed E-state index contributed by atoms with van der Waals surface area (Å²) in [4.78, 5) is 14.1. The lowest BCUT2D eigenvalue weighted by molar-refractivity contribution is -0.00934. The maximum atomic E-state index is 12.5. The van der Waals surface area contributed by atoms with Crippen molar-refractivity contribution in [3.05, 3.63) is 35.9 Å². The van der Waals surface area contributed by atoms with Crippen LogP contribution >= 0.6 is 0 Å². The third kappa shape index (κ3) is 6.43. The summed E-state index contributed by atoms with van der Waals surface area (Å²) in [5, 5.41) is 0. The zero-order valence-electron chi connectivity index (χ0n) is 18.1. The third-order valence-corrected chi connectivity index (χ3v) is 6.66. The van der Waals surface area contributed by atoms with Crippen molar-refractivity contribution in [3.8, 4) is 0 Å². The van der Waals surface area contributed by atoms with Gasteiger partial charge >= 0.3 is 6.09 Å². The summed E-state index contributed by atoms with van der Waals surface area (Å²) in [6.07, 6.45) is 5.26. The van der Waals surface area contributed by atoms with Crippen molar-refractivity contribution in [1.29, 1.82) is 0 Å². The van der Waals surface area contributed by atoms with E-state index in [0.717, 1.165) is 31.9 Å². The van der Waals surface area contributed by atoms with E-state index in [9.17, 15) is 13.2 Å². The van der Waals surface area contributed by atoms with Gasteiger partial charge in [0.2, 0.25) is 10.0 Å². The van der Waals surface area contributed by atoms with E-state index in [0.29, 0.717) is 25.5 Å². The molecule has 1 aliphatic carbocycles. The molecule has 1 unspecified atom stereocenters. The molecule has 1 heterocycles. The van der Waals surface area contributed by atoms with E-state index in [1.165, 1.54) is 5.56 Å². The van der Waals surface area contributed by atoms with Crippen molar-refractivity contribution in [3.63, 3.8) is 0 Å². The number of carbonyl (C=O) groups excluding carboxylic acids is 1. The Balaban J connectivity index is 1.57. The molecule has 1 saturated heterocycles. The highest BCUT2D eigenvalue weighted by Gasteiger charge is 2.40. The molecule has 7 nitrogen and oxygen atoms in total. The molecule has 2 aliphatic rings. The largest absolute Gasteiger partial charge is 0.447 e. The van der Waals surface area contributed by atoms with Crippen LogP contribution < -0.4 is 4.72 Å². The Hall–Kier alpha value is -1.64. The van der Waals surface area contributed by atoms with Crippen molar-refractivity contribution in [1.82, 2.24) is 9.62 Å². The first kappa shape index (κ1) is 23.0. The van der Waals surface area contributed by atoms with Crippen LogP contribution in [0.25, 0.3) is 0 Å². The SMILES string of the molecule is CC(C)OC(=O)N1CCC(NS(C)(=O)=O)[C@@H]1COC1CCC(c2ccccc2)CC1. The molecular weight excluding hydrogens is 404 g/mol. The molecule has 1 amide bonds. The normalized spacial score (nSPS) is 27.4. The van der Waals surface area contributed by atoms with Crippen LogP contribution in [0.4, 0.5) is 4.79 Å². The lowest BCUT2D eigenvalue weighted by Gasteiger charge is -2.32.